The first kappa shape index (κ1) is 48.5. The lowest BCUT2D eigenvalue weighted by Crippen LogP contribution is -2.52. The average molecular weight is 979 g/mol. The standard InChI is InChI=1S/C55H66N10O7/c1-36-31-42(11-16-47(36)63-28-22-49(66)65(53(63)67)34-38-7-12-43(69-6)13-8-38)61-24-18-41(19-25-61)60-26-20-45(21-27-60)71-44-14-9-40(10-15-44)58-52-57-32-39-17-23-62(35-46(39)59-52)48-33-56-51-50(37(48)2)64(29-30-70-51)54(68)72-55(3,4)5/h7-16,31-33,41,45H,17-30,34-35H2,1-6H3,(H,57,58,59). The summed E-state index contributed by atoms with van der Waals surface area (Å²) >= 11 is 0. The maximum absolute atomic E-state index is 13.7. The van der Waals surface area contributed by atoms with E-state index in [0.717, 1.165) is 121 Å². The van der Waals surface area contributed by atoms with E-state index in [1.807, 2.05) is 94.7 Å². The molecule has 0 unspecified atom stereocenters. The van der Waals surface area contributed by atoms with Crippen LogP contribution in [0.1, 0.15) is 80.8 Å². The second-order valence-electron chi connectivity index (χ2n) is 20.4. The molecule has 4 amide bonds. The van der Waals surface area contributed by atoms with Crippen LogP contribution in [-0.2, 0) is 29.0 Å². The zero-order valence-corrected chi connectivity index (χ0v) is 42.4. The fourth-order valence-electron chi connectivity index (χ4n) is 10.6. The summed E-state index contributed by atoms with van der Waals surface area (Å²) in [5.41, 5.74) is 8.71. The van der Waals surface area contributed by atoms with Crippen molar-refractivity contribution in [2.24, 2.45) is 0 Å². The summed E-state index contributed by atoms with van der Waals surface area (Å²) in [5, 5.41) is 3.39. The lowest BCUT2D eigenvalue weighted by molar-refractivity contribution is -0.129. The van der Waals surface area contributed by atoms with Crippen LogP contribution in [0.25, 0.3) is 0 Å². The van der Waals surface area contributed by atoms with E-state index >= 15 is 0 Å². The highest BCUT2D eigenvalue weighted by Gasteiger charge is 2.36. The number of aryl methyl sites for hydroxylation is 1. The minimum atomic E-state index is -0.623. The zero-order chi connectivity index (χ0) is 50.1. The van der Waals surface area contributed by atoms with E-state index in [9.17, 15) is 14.4 Å². The van der Waals surface area contributed by atoms with Gasteiger partial charge in [0.25, 0.3) is 0 Å². The maximum atomic E-state index is 13.7. The number of rotatable bonds is 11. The number of nitrogens with one attached hydrogen (secondary N) is 1. The van der Waals surface area contributed by atoms with Crippen LogP contribution < -0.4 is 39.1 Å². The van der Waals surface area contributed by atoms with Crippen molar-refractivity contribution in [2.45, 2.75) is 104 Å². The summed E-state index contributed by atoms with van der Waals surface area (Å²) in [6.07, 6.45) is 8.72. The monoisotopic (exact) mass is 979 g/mol. The summed E-state index contributed by atoms with van der Waals surface area (Å²) in [6, 6.07) is 22.1. The number of methoxy groups -OCH3 is 1. The van der Waals surface area contributed by atoms with E-state index < -0.39 is 11.7 Å². The van der Waals surface area contributed by atoms with Crippen molar-refractivity contribution in [1.82, 2.24) is 24.8 Å². The number of ether oxygens (including phenoxy) is 4. The molecule has 0 saturated carbocycles. The molecule has 0 spiro atoms. The largest absolute Gasteiger partial charge is 0.497 e. The van der Waals surface area contributed by atoms with Gasteiger partial charge in [-0.2, -0.15) is 0 Å². The van der Waals surface area contributed by atoms with E-state index in [2.05, 4.69) is 49.0 Å². The number of pyridine rings is 1. The van der Waals surface area contributed by atoms with Crippen molar-refractivity contribution in [1.29, 1.82) is 0 Å². The van der Waals surface area contributed by atoms with Crippen molar-refractivity contribution in [3.05, 3.63) is 107 Å². The predicted octanol–water partition coefficient (Wildman–Crippen LogP) is 8.81. The lowest BCUT2D eigenvalue weighted by atomic mass is 9.98. The Morgan fingerprint density at radius 1 is 0.806 bits per heavy atom. The summed E-state index contributed by atoms with van der Waals surface area (Å²) < 4.78 is 23.4. The maximum Gasteiger partial charge on any atom is 0.415 e. The van der Waals surface area contributed by atoms with Gasteiger partial charge in [-0.05, 0) is 138 Å². The third-order valence-electron chi connectivity index (χ3n) is 14.5. The smallest absolute Gasteiger partial charge is 0.415 e. The zero-order valence-electron chi connectivity index (χ0n) is 42.4. The van der Waals surface area contributed by atoms with Gasteiger partial charge in [-0.25, -0.2) is 24.5 Å². The van der Waals surface area contributed by atoms with Crippen molar-refractivity contribution in [2.75, 3.05) is 84.4 Å². The molecule has 7 heterocycles. The predicted molar refractivity (Wildman–Crippen MR) is 277 cm³/mol. The van der Waals surface area contributed by atoms with Gasteiger partial charge < -0.3 is 34.1 Å². The number of imide groups is 1. The number of nitrogens with zero attached hydrogens (tertiary/aromatic N) is 9. The van der Waals surface area contributed by atoms with Gasteiger partial charge >= 0.3 is 12.1 Å². The second kappa shape index (κ2) is 20.5. The number of urea groups is 1. The molecule has 5 aliphatic rings. The van der Waals surface area contributed by atoms with Crippen LogP contribution in [0.4, 0.5) is 44.0 Å². The number of piperidine rings is 2. The van der Waals surface area contributed by atoms with Gasteiger partial charge in [-0.3, -0.25) is 24.4 Å². The van der Waals surface area contributed by atoms with Crippen molar-refractivity contribution in [3.63, 3.8) is 0 Å². The SMILES string of the molecule is COc1ccc(CN2C(=O)CCN(c3ccc(N4CCC(N5CCC(Oc6ccc(Nc7ncc8c(n7)CN(c7cnc9c(c7C)N(C(=O)OC(C)(C)C)CCO9)CC8)cc6)CC5)CC4)cc3C)C2=O)cc1. The molecule has 5 aromatic rings. The second-order valence-corrected chi connectivity index (χ2v) is 20.4. The molecule has 3 aromatic carbocycles. The molecule has 0 aliphatic carbocycles. The summed E-state index contributed by atoms with van der Waals surface area (Å²) in [7, 11) is 1.62. The van der Waals surface area contributed by atoms with Crippen LogP contribution in [0.5, 0.6) is 17.4 Å². The Morgan fingerprint density at radius 3 is 2.28 bits per heavy atom. The van der Waals surface area contributed by atoms with Gasteiger partial charge in [0.2, 0.25) is 17.7 Å². The van der Waals surface area contributed by atoms with E-state index in [0.29, 0.717) is 49.8 Å². The summed E-state index contributed by atoms with van der Waals surface area (Å²) in [4.78, 5) is 66.1. The van der Waals surface area contributed by atoms with Crippen LogP contribution in [0, 0.1) is 13.8 Å². The van der Waals surface area contributed by atoms with Crippen LogP contribution in [0.2, 0.25) is 0 Å². The average Bonchev–Trinajstić information content (AvgIpc) is 3.38. The molecule has 72 heavy (non-hydrogen) atoms. The van der Waals surface area contributed by atoms with Crippen molar-refractivity contribution < 1.29 is 33.3 Å². The van der Waals surface area contributed by atoms with Gasteiger partial charge in [-0.1, -0.05) is 12.1 Å². The Bertz CT molecular complexity index is 2790. The number of fused-ring (bicyclic) bond motifs is 2. The number of aromatic nitrogens is 3. The number of hydrogen-bond acceptors (Lipinski definition) is 14. The molecule has 0 atom stereocenters. The first-order chi connectivity index (χ1) is 34.8. The van der Waals surface area contributed by atoms with Crippen LogP contribution >= 0.6 is 0 Å². The molecule has 0 radical (unpaired) electrons. The molecule has 17 heteroatoms. The quantitative estimate of drug-likeness (QED) is 0.134. The molecule has 3 saturated heterocycles. The summed E-state index contributed by atoms with van der Waals surface area (Å²) in [6.45, 7) is 16.3. The first-order valence-electron chi connectivity index (χ1n) is 25.4. The fourth-order valence-corrected chi connectivity index (χ4v) is 10.6. The summed E-state index contributed by atoms with van der Waals surface area (Å²) in [5.74, 6) is 2.40. The number of hydrogen-bond donors (Lipinski definition) is 1. The Balaban J connectivity index is 0.682. The van der Waals surface area contributed by atoms with Gasteiger partial charge in [0.15, 0.2) is 0 Å². The number of anilines is 6. The number of carbonyl (C=O) groups excluding carboxylic acids is 3. The number of amides is 4. The van der Waals surface area contributed by atoms with E-state index in [4.69, 9.17) is 23.9 Å². The van der Waals surface area contributed by atoms with E-state index in [-0.39, 0.29) is 31.0 Å². The third-order valence-corrected chi connectivity index (χ3v) is 14.5. The molecular formula is C55H66N10O7. The highest BCUT2D eigenvalue weighted by molar-refractivity contribution is 6.06. The fraction of sp³-hybridized carbons (Fsp3) is 0.455. The normalized spacial score (nSPS) is 18.1. The molecule has 378 valence electrons. The highest BCUT2D eigenvalue weighted by atomic mass is 16.6. The Hall–Kier alpha value is -7.14. The van der Waals surface area contributed by atoms with Gasteiger partial charge in [0.1, 0.15) is 35.5 Å². The molecular weight excluding hydrogens is 913 g/mol. The molecule has 5 aliphatic heterocycles. The van der Waals surface area contributed by atoms with Gasteiger partial charge in [0.05, 0.1) is 44.3 Å². The number of benzene rings is 3. The van der Waals surface area contributed by atoms with Crippen molar-refractivity contribution in [3.8, 4) is 17.4 Å². The van der Waals surface area contributed by atoms with Crippen LogP contribution in [0.3, 0.4) is 0 Å². The minimum absolute atomic E-state index is 0.154. The molecule has 17 nitrogen and oxygen atoms in total. The van der Waals surface area contributed by atoms with Crippen LogP contribution in [-0.4, -0.2) is 120 Å². The Kier molecular flexibility index (Phi) is 13.8. The highest BCUT2D eigenvalue weighted by Crippen LogP contribution is 2.40. The Labute approximate surface area is 422 Å². The topological polar surface area (TPSA) is 158 Å². The van der Waals surface area contributed by atoms with E-state index in [1.165, 1.54) is 10.6 Å². The first-order valence-corrected chi connectivity index (χ1v) is 25.4. The minimum Gasteiger partial charge on any atom is -0.497 e. The van der Waals surface area contributed by atoms with Gasteiger partial charge in [-0.15, -0.1) is 0 Å². The number of likely N-dealkylation sites (tertiary alicyclic amines) is 1. The van der Waals surface area contributed by atoms with Gasteiger partial charge in [0, 0.05) is 80.6 Å². The molecule has 2 aromatic heterocycles. The molecule has 3 fully saturated rings. The van der Waals surface area contributed by atoms with Crippen LogP contribution in [0.15, 0.2) is 79.1 Å². The van der Waals surface area contributed by atoms with Crippen molar-refractivity contribution >= 4 is 52.4 Å². The third kappa shape index (κ3) is 10.6. The Morgan fingerprint density at radius 2 is 1.56 bits per heavy atom. The molecule has 0 bridgehead atoms. The van der Waals surface area contributed by atoms with E-state index in [1.54, 1.807) is 16.9 Å². The molecule has 10 rings (SSSR count). The molecule has 1 N–H and O–H groups in total. The number of carbonyl (C=O) groups is 3. The lowest BCUT2D eigenvalue weighted by Gasteiger charge is -2.42.